The Morgan fingerprint density at radius 2 is 1.92 bits per heavy atom. The van der Waals surface area contributed by atoms with Crippen molar-refractivity contribution in [2.75, 3.05) is 20.8 Å². The van der Waals surface area contributed by atoms with Crippen LogP contribution in [0.1, 0.15) is 22.8 Å². The lowest BCUT2D eigenvalue weighted by Gasteiger charge is -2.09. The Labute approximate surface area is 141 Å². The van der Waals surface area contributed by atoms with E-state index in [1.807, 2.05) is 31.2 Å². The number of rotatable bonds is 7. The molecule has 0 unspecified atom stereocenters. The highest BCUT2D eigenvalue weighted by Crippen LogP contribution is 2.24. The summed E-state index contributed by atoms with van der Waals surface area (Å²) >= 11 is 0. The summed E-state index contributed by atoms with van der Waals surface area (Å²) in [5.41, 5.74) is 3.63. The third-order valence-electron chi connectivity index (χ3n) is 3.24. The summed E-state index contributed by atoms with van der Waals surface area (Å²) in [5.74, 6) is 1.36. The zero-order chi connectivity index (χ0) is 17.4. The molecule has 6 nitrogen and oxygen atoms in total. The molecule has 126 valence electrons. The quantitative estimate of drug-likeness (QED) is 0.627. The van der Waals surface area contributed by atoms with E-state index in [4.69, 9.17) is 14.2 Å². The lowest BCUT2D eigenvalue weighted by Crippen LogP contribution is -2.18. The maximum Gasteiger partial charge on any atom is 0.275 e. The molecule has 0 bridgehead atoms. The molecule has 2 rings (SSSR count). The van der Waals surface area contributed by atoms with Gasteiger partial charge < -0.3 is 14.2 Å². The van der Waals surface area contributed by atoms with Crippen LogP contribution in [-0.2, 0) is 0 Å². The number of amides is 1. The van der Waals surface area contributed by atoms with Crippen LogP contribution in [0.25, 0.3) is 0 Å². The summed E-state index contributed by atoms with van der Waals surface area (Å²) in [6, 6.07) is 12.4. The molecule has 0 radical (unpaired) electrons. The standard InChI is InChI=1S/C18H20N2O4/c1-4-24-16-8-6-5-7-13(16)12-19-20-18(21)15-10-9-14(22-2)11-17(15)23-3/h5-12H,4H2,1-3H3,(H,20,21). The predicted molar refractivity (Wildman–Crippen MR) is 92.2 cm³/mol. The summed E-state index contributed by atoms with van der Waals surface area (Å²) < 4.78 is 15.8. The third-order valence-corrected chi connectivity index (χ3v) is 3.24. The van der Waals surface area contributed by atoms with Crippen LogP contribution in [0, 0.1) is 0 Å². The second kappa shape index (κ2) is 8.57. The Morgan fingerprint density at radius 3 is 2.62 bits per heavy atom. The number of hydrazone groups is 1. The summed E-state index contributed by atoms with van der Waals surface area (Å²) in [5, 5.41) is 3.99. The van der Waals surface area contributed by atoms with Gasteiger partial charge in [0.25, 0.3) is 5.91 Å². The molecule has 24 heavy (non-hydrogen) atoms. The number of para-hydroxylation sites is 1. The first kappa shape index (κ1) is 17.3. The first-order chi connectivity index (χ1) is 11.7. The minimum Gasteiger partial charge on any atom is -0.497 e. The smallest absolute Gasteiger partial charge is 0.275 e. The van der Waals surface area contributed by atoms with Gasteiger partial charge in [-0.25, -0.2) is 5.43 Å². The van der Waals surface area contributed by atoms with Crippen molar-refractivity contribution in [3.63, 3.8) is 0 Å². The first-order valence-electron chi connectivity index (χ1n) is 7.46. The molecule has 1 N–H and O–H groups in total. The fourth-order valence-corrected chi connectivity index (χ4v) is 2.08. The molecule has 0 aliphatic rings. The maximum absolute atomic E-state index is 12.2. The van der Waals surface area contributed by atoms with Crippen LogP contribution in [0.5, 0.6) is 17.2 Å². The second-order valence-corrected chi connectivity index (χ2v) is 4.74. The number of hydrogen-bond donors (Lipinski definition) is 1. The van der Waals surface area contributed by atoms with E-state index in [2.05, 4.69) is 10.5 Å². The number of nitrogens with zero attached hydrogens (tertiary/aromatic N) is 1. The highest BCUT2D eigenvalue weighted by molar-refractivity contribution is 5.97. The van der Waals surface area contributed by atoms with Crippen LogP contribution >= 0.6 is 0 Å². The van der Waals surface area contributed by atoms with Gasteiger partial charge in [-0.1, -0.05) is 12.1 Å². The molecule has 1 amide bonds. The van der Waals surface area contributed by atoms with E-state index in [1.54, 1.807) is 31.5 Å². The van der Waals surface area contributed by atoms with Crippen LogP contribution in [-0.4, -0.2) is 32.9 Å². The normalized spacial score (nSPS) is 10.5. The Balaban J connectivity index is 2.11. The summed E-state index contributed by atoms with van der Waals surface area (Å²) in [7, 11) is 3.04. The third kappa shape index (κ3) is 4.25. The number of carbonyl (C=O) groups is 1. The van der Waals surface area contributed by atoms with Gasteiger partial charge in [0.2, 0.25) is 0 Å². The molecule has 0 aliphatic heterocycles. The number of nitrogens with one attached hydrogen (secondary N) is 1. The van der Waals surface area contributed by atoms with Crippen LogP contribution in [0.15, 0.2) is 47.6 Å². The fourth-order valence-electron chi connectivity index (χ4n) is 2.08. The van der Waals surface area contributed by atoms with Gasteiger partial charge in [-0.15, -0.1) is 0 Å². The molecule has 0 heterocycles. The van der Waals surface area contributed by atoms with Gasteiger partial charge >= 0.3 is 0 Å². The molecule has 0 saturated carbocycles. The number of carbonyl (C=O) groups excluding carboxylic acids is 1. The van der Waals surface area contributed by atoms with Crippen molar-refractivity contribution in [1.29, 1.82) is 0 Å². The van der Waals surface area contributed by atoms with Crippen molar-refractivity contribution < 1.29 is 19.0 Å². The Kier molecular flexibility index (Phi) is 6.19. The van der Waals surface area contributed by atoms with Gasteiger partial charge in [0.15, 0.2) is 0 Å². The summed E-state index contributed by atoms with van der Waals surface area (Å²) in [6.07, 6.45) is 1.54. The molecule has 2 aromatic carbocycles. The molecule has 0 spiro atoms. The molecule has 2 aromatic rings. The van der Waals surface area contributed by atoms with Crippen molar-refractivity contribution >= 4 is 12.1 Å². The van der Waals surface area contributed by atoms with Crippen LogP contribution in [0.2, 0.25) is 0 Å². The minimum atomic E-state index is -0.375. The Morgan fingerprint density at radius 1 is 1.12 bits per heavy atom. The maximum atomic E-state index is 12.2. The van der Waals surface area contributed by atoms with Crippen molar-refractivity contribution in [3.8, 4) is 17.2 Å². The van der Waals surface area contributed by atoms with Crippen molar-refractivity contribution in [1.82, 2.24) is 5.43 Å². The monoisotopic (exact) mass is 328 g/mol. The highest BCUT2D eigenvalue weighted by atomic mass is 16.5. The largest absolute Gasteiger partial charge is 0.497 e. The van der Waals surface area contributed by atoms with Gasteiger partial charge in [0.05, 0.1) is 32.6 Å². The van der Waals surface area contributed by atoms with Crippen LogP contribution in [0.4, 0.5) is 0 Å². The second-order valence-electron chi connectivity index (χ2n) is 4.74. The van der Waals surface area contributed by atoms with Crippen molar-refractivity contribution in [2.45, 2.75) is 6.92 Å². The van der Waals surface area contributed by atoms with E-state index in [1.165, 1.54) is 7.11 Å². The van der Waals surface area contributed by atoms with E-state index >= 15 is 0 Å². The van der Waals surface area contributed by atoms with Gasteiger partial charge in [0.1, 0.15) is 17.2 Å². The lowest BCUT2D eigenvalue weighted by atomic mass is 10.2. The molecule has 6 heteroatoms. The molecule has 0 saturated heterocycles. The lowest BCUT2D eigenvalue weighted by molar-refractivity contribution is 0.0952. The molecular weight excluding hydrogens is 308 g/mol. The van der Waals surface area contributed by atoms with Crippen molar-refractivity contribution in [2.24, 2.45) is 5.10 Å². The van der Waals surface area contributed by atoms with Gasteiger partial charge in [-0.3, -0.25) is 4.79 Å². The highest BCUT2D eigenvalue weighted by Gasteiger charge is 2.12. The molecule has 0 atom stereocenters. The number of hydrogen-bond acceptors (Lipinski definition) is 5. The zero-order valence-electron chi connectivity index (χ0n) is 13.9. The summed E-state index contributed by atoms with van der Waals surface area (Å²) in [6.45, 7) is 2.46. The van der Waals surface area contributed by atoms with E-state index < -0.39 is 0 Å². The van der Waals surface area contributed by atoms with Crippen LogP contribution < -0.4 is 19.6 Å². The summed E-state index contributed by atoms with van der Waals surface area (Å²) in [4.78, 5) is 12.2. The van der Waals surface area contributed by atoms with Crippen molar-refractivity contribution in [3.05, 3.63) is 53.6 Å². The van der Waals surface area contributed by atoms with Crippen LogP contribution in [0.3, 0.4) is 0 Å². The van der Waals surface area contributed by atoms with Gasteiger partial charge in [-0.05, 0) is 31.2 Å². The average Bonchev–Trinajstić information content (AvgIpc) is 2.62. The SMILES string of the molecule is CCOc1ccccc1C=NNC(=O)c1ccc(OC)cc1OC. The van der Waals surface area contributed by atoms with E-state index in [0.717, 1.165) is 5.56 Å². The Hall–Kier alpha value is -3.02. The minimum absolute atomic E-state index is 0.369. The van der Waals surface area contributed by atoms with Gasteiger partial charge in [-0.2, -0.15) is 5.10 Å². The van der Waals surface area contributed by atoms with E-state index in [-0.39, 0.29) is 5.91 Å². The van der Waals surface area contributed by atoms with E-state index in [0.29, 0.717) is 29.4 Å². The number of benzene rings is 2. The predicted octanol–water partition coefficient (Wildman–Crippen LogP) is 2.87. The molecular formula is C18H20N2O4. The average molecular weight is 328 g/mol. The molecule has 0 fully saturated rings. The first-order valence-corrected chi connectivity index (χ1v) is 7.46. The molecule has 0 aromatic heterocycles. The number of ether oxygens (including phenoxy) is 3. The fraction of sp³-hybridized carbons (Fsp3) is 0.222. The van der Waals surface area contributed by atoms with Gasteiger partial charge in [0, 0.05) is 11.6 Å². The topological polar surface area (TPSA) is 69.2 Å². The number of methoxy groups -OCH3 is 2. The molecule has 0 aliphatic carbocycles. The van der Waals surface area contributed by atoms with E-state index in [9.17, 15) is 4.79 Å². The Bertz CT molecular complexity index is 729. The zero-order valence-corrected chi connectivity index (χ0v) is 13.9.